The van der Waals surface area contributed by atoms with Crippen molar-refractivity contribution in [2.24, 2.45) is 0 Å². The number of nitrogens with zero attached hydrogens (tertiary/aromatic N) is 3. The summed E-state index contributed by atoms with van der Waals surface area (Å²) in [6.07, 6.45) is 3.07. The zero-order chi connectivity index (χ0) is 28.2. The van der Waals surface area contributed by atoms with E-state index in [-0.39, 0.29) is 24.6 Å². The first-order valence-electron chi connectivity index (χ1n) is 12.1. The van der Waals surface area contributed by atoms with Crippen LogP contribution in [0.1, 0.15) is 29.9 Å². The Labute approximate surface area is 225 Å². The molecular weight excluding hydrogens is 525 g/mol. The van der Waals surface area contributed by atoms with Crippen LogP contribution in [0.2, 0.25) is 0 Å². The molecule has 0 bridgehead atoms. The van der Waals surface area contributed by atoms with E-state index in [9.17, 15) is 18.3 Å². The minimum Gasteiger partial charge on any atom is -0.492 e. The van der Waals surface area contributed by atoms with Gasteiger partial charge in [0.25, 0.3) is 5.56 Å². The molecule has 0 fully saturated rings. The van der Waals surface area contributed by atoms with Crippen molar-refractivity contribution in [1.82, 2.24) is 14.5 Å². The van der Waals surface area contributed by atoms with Crippen molar-refractivity contribution < 1.29 is 27.4 Å². The fourth-order valence-electron chi connectivity index (χ4n) is 4.33. The van der Waals surface area contributed by atoms with Crippen molar-refractivity contribution in [2.45, 2.75) is 36.3 Å². The first kappa shape index (κ1) is 28.1. The van der Waals surface area contributed by atoms with Crippen LogP contribution in [0.3, 0.4) is 0 Å². The Morgan fingerprint density at radius 1 is 1.10 bits per heavy atom. The molecule has 0 aliphatic rings. The van der Waals surface area contributed by atoms with Crippen LogP contribution in [-0.2, 0) is 25.9 Å². The van der Waals surface area contributed by atoms with E-state index in [1.54, 1.807) is 56.4 Å². The van der Waals surface area contributed by atoms with E-state index in [0.29, 0.717) is 23.3 Å². The highest BCUT2D eigenvalue weighted by atomic mass is 32.2. The molecule has 1 atom stereocenters. The van der Waals surface area contributed by atoms with Crippen LogP contribution in [0, 0.1) is 12.7 Å². The molecule has 0 saturated heterocycles. The maximum Gasteiger partial charge on any atom is 0.277 e. The monoisotopic (exact) mass is 553 g/mol. The molecule has 0 amide bonds. The van der Waals surface area contributed by atoms with Gasteiger partial charge in [0.05, 0.1) is 17.5 Å². The van der Waals surface area contributed by atoms with Gasteiger partial charge in [-0.3, -0.25) is 14.3 Å². The average Bonchev–Trinajstić information content (AvgIpc) is 2.91. The van der Waals surface area contributed by atoms with Crippen LogP contribution in [0.5, 0.6) is 5.88 Å². The largest absolute Gasteiger partial charge is 0.492 e. The Kier molecular flexibility index (Phi) is 8.54. The molecule has 2 aromatic heterocycles. The first-order chi connectivity index (χ1) is 18.7. The highest BCUT2D eigenvalue weighted by molar-refractivity contribution is 7.91. The molecule has 1 N–H and O–H groups in total. The van der Waals surface area contributed by atoms with Gasteiger partial charge in [-0.05, 0) is 48.7 Å². The number of hydrogen-bond donors (Lipinski definition) is 1. The highest BCUT2D eigenvalue weighted by Crippen LogP contribution is 2.31. The summed E-state index contributed by atoms with van der Waals surface area (Å²) in [5.41, 5.74) is 1.04. The van der Waals surface area contributed by atoms with Gasteiger partial charge >= 0.3 is 0 Å². The predicted molar refractivity (Wildman–Crippen MR) is 142 cm³/mol. The summed E-state index contributed by atoms with van der Waals surface area (Å²) in [4.78, 5) is 20.4. The van der Waals surface area contributed by atoms with Gasteiger partial charge in [-0.15, -0.1) is 0 Å². The number of benzene rings is 2. The second kappa shape index (κ2) is 11.9. The molecule has 4 rings (SSSR count). The van der Waals surface area contributed by atoms with Crippen molar-refractivity contribution in [3.8, 4) is 17.0 Å². The first-order valence-corrected chi connectivity index (χ1v) is 13.6. The Hall–Kier alpha value is -3.93. The molecule has 0 saturated carbocycles. The zero-order valence-corrected chi connectivity index (χ0v) is 22.5. The van der Waals surface area contributed by atoms with Crippen molar-refractivity contribution in [3.63, 3.8) is 0 Å². The van der Waals surface area contributed by atoms with E-state index < -0.39 is 42.9 Å². The van der Waals surface area contributed by atoms with E-state index >= 15 is 4.39 Å². The molecular formula is C28H28FN3O6S. The summed E-state index contributed by atoms with van der Waals surface area (Å²) >= 11 is 0. The molecule has 2 heterocycles. The van der Waals surface area contributed by atoms with Gasteiger partial charge in [0.15, 0.2) is 4.90 Å². The Morgan fingerprint density at radius 3 is 2.49 bits per heavy atom. The summed E-state index contributed by atoms with van der Waals surface area (Å²) in [5, 5.41) is 10.7. The van der Waals surface area contributed by atoms with E-state index in [1.165, 1.54) is 25.4 Å². The predicted octanol–water partition coefficient (Wildman–Crippen LogP) is 4.06. The van der Waals surface area contributed by atoms with Gasteiger partial charge in [-0.25, -0.2) is 12.8 Å². The molecule has 11 heteroatoms. The Balaban J connectivity index is 1.91. The third-order valence-corrected chi connectivity index (χ3v) is 7.98. The van der Waals surface area contributed by atoms with Crippen molar-refractivity contribution in [2.75, 3.05) is 20.3 Å². The smallest absolute Gasteiger partial charge is 0.277 e. The molecule has 9 nitrogen and oxygen atoms in total. The van der Waals surface area contributed by atoms with Crippen LogP contribution >= 0.6 is 0 Å². The van der Waals surface area contributed by atoms with Crippen LogP contribution in [0.25, 0.3) is 11.1 Å². The number of pyridine rings is 1. The number of rotatable bonds is 10. The normalized spacial score (nSPS) is 12.4. The van der Waals surface area contributed by atoms with Crippen LogP contribution in [-0.4, -0.2) is 48.4 Å². The van der Waals surface area contributed by atoms with E-state index in [2.05, 4.69) is 9.97 Å². The van der Waals surface area contributed by atoms with Crippen LogP contribution in [0.15, 0.2) is 81.6 Å². The maximum absolute atomic E-state index is 15.2. The number of aromatic nitrogens is 3. The summed E-state index contributed by atoms with van der Waals surface area (Å²) in [7, 11) is -3.25. The number of ether oxygens (including phenoxy) is 2. The number of sulfone groups is 1. The summed E-state index contributed by atoms with van der Waals surface area (Å²) in [6.45, 7) is 3.63. The number of methoxy groups -OCH3 is 1. The number of hydrogen-bond acceptors (Lipinski definition) is 8. The van der Waals surface area contributed by atoms with Gasteiger partial charge in [0.1, 0.15) is 18.2 Å². The summed E-state index contributed by atoms with van der Waals surface area (Å²) in [5.74, 6) is -1.80. The van der Waals surface area contributed by atoms with Gasteiger partial charge in [-0.2, -0.15) is 4.98 Å². The van der Waals surface area contributed by atoms with Crippen molar-refractivity contribution in [1.29, 1.82) is 0 Å². The van der Waals surface area contributed by atoms with E-state index in [4.69, 9.17) is 9.47 Å². The molecule has 2 aromatic carbocycles. The highest BCUT2D eigenvalue weighted by Gasteiger charge is 2.32. The third-order valence-electron chi connectivity index (χ3n) is 6.22. The number of aromatic hydroxyl groups is 1. The van der Waals surface area contributed by atoms with Crippen molar-refractivity contribution in [3.05, 3.63) is 100 Å². The molecule has 0 unspecified atom stereocenters. The topological polar surface area (TPSA) is 121 Å². The molecule has 4 aromatic rings. The fourth-order valence-corrected chi connectivity index (χ4v) is 5.68. The molecule has 204 valence electrons. The molecule has 0 aliphatic carbocycles. The quantitative estimate of drug-likeness (QED) is 0.312. The number of aryl methyl sites for hydroxylation is 1. The Bertz CT molecular complexity index is 1640. The van der Waals surface area contributed by atoms with E-state index in [0.717, 1.165) is 10.6 Å². The Morgan fingerprint density at radius 2 is 1.85 bits per heavy atom. The summed E-state index contributed by atoms with van der Waals surface area (Å²) < 4.78 is 54.5. The number of halogens is 1. The second-order valence-electron chi connectivity index (χ2n) is 8.71. The summed E-state index contributed by atoms with van der Waals surface area (Å²) in [6, 6.07) is 13.0. The second-order valence-corrected chi connectivity index (χ2v) is 10.6. The fraction of sp³-hybridized carbons (Fsp3) is 0.250. The molecule has 0 aliphatic heterocycles. The van der Waals surface area contributed by atoms with Crippen LogP contribution in [0.4, 0.5) is 4.39 Å². The van der Waals surface area contributed by atoms with Crippen LogP contribution < -0.4 is 5.56 Å². The van der Waals surface area contributed by atoms with Gasteiger partial charge in [-0.1, -0.05) is 36.4 Å². The lowest BCUT2D eigenvalue weighted by atomic mass is 10.0. The third kappa shape index (κ3) is 5.60. The van der Waals surface area contributed by atoms with Gasteiger partial charge in [0, 0.05) is 31.7 Å². The van der Waals surface area contributed by atoms with Gasteiger partial charge in [0.2, 0.25) is 15.7 Å². The zero-order valence-electron chi connectivity index (χ0n) is 21.7. The average molecular weight is 554 g/mol. The molecule has 0 spiro atoms. The minimum atomic E-state index is -4.70. The lowest BCUT2D eigenvalue weighted by Crippen LogP contribution is -2.35. The van der Waals surface area contributed by atoms with Gasteiger partial charge < -0.3 is 14.6 Å². The van der Waals surface area contributed by atoms with Crippen molar-refractivity contribution >= 4 is 9.84 Å². The van der Waals surface area contributed by atoms with E-state index in [1.807, 2.05) is 0 Å². The lowest BCUT2D eigenvalue weighted by molar-refractivity contribution is 0.116. The molecule has 39 heavy (non-hydrogen) atoms. The maximum atomic E-state index is 15.2. The standard InChI is InChI=1S/C28H28FN3O6S/c1-4-38-17-25-31-27(33)26(28(34)32(25)24(16-37-3)19-8-6-5-7-9-19)39(35,36)20-10-11-22(23(29)14-20)21-12-13-30-15-18(21)2/h5-15,24,33H,4,16-17H2,1-3H3/t24-/m0/s1. The SMILES string of the molecule is CCOCc1nc(O)c(S(=O)(=O)c2ccc(-c3ccncc3C)c(F)c2)c(=O)n1[C@@H](COC)c1ccccc1. The molecule has 0 radical (unpaired) electrons. The lowest BCUT2D eigenvalue weighted by Gasteiger charge is -2.23. The minimum absolute atomic E-state index is 0.00357.